The third-order valence-electron chi connectivity index (χ3n) is 3.15. The highest BCUT2D eigenvalue weighted by atomic mass is 32.2. The number of thiocarbonyl (C=S) groups is 1. The molecule has 0 spiro atoms. The summed E-state index contributed by atoms with van der Waals surface area (Å²) in [5.41, 5.74) is 7.49. The zero-order valence-corrected chi connectivity index (χ0v) is 15.3. The van der Waals surface area contributed by atoms with Crippen LogP contribution in [0.4, 0.5) is 0 Å². The molecular weight excluding hydrogens is 344 g/mol. The topological polar surface area (TPSA) is 92.4 Å². The molecule has 5 nitrogen and oxygen atoms in total. The first-order valence-electron chi connectivity index (χ1n) is 7.35. The Kier molecular flexibility index (Phi) is 7.84. The van der Waals surface area contributed by atoms with E-state index in [4.69, 9.17) is 10.3 Å². The molecule has 0 aliphatic rings. The van der Waals surface area contributed by atoms with Gasteiger partial charge in [-0.25, -0.2) is 0 Å². The Hall–Kier alpha value is -1.96. The van der Waals surface area contributed by atoms with E-state index in [9.17, 15) is 8.42 Å². The minimum absolute atomic E-state index is 0.0584. The fourth-order valence-corrected chi connectivity index (χ4v) is 2.36. The van der Waals surface area contributed by atoms with E-state index in [0.29, 0.717) is 17.6 Å². The summed E-state index contributed by atoms with van der Waals surface area (Å²) in [6, 6.07) is 16.2. The van der Waals surface area contributed by atoms with Crippen LogP contribution in [0.5, 0.6) is 0 Å². The maximum absolute atomic E-state index is 10.7. The van der Waals surface area contributed by atoms with Crippen LogP contribution in [0, 0.1) is 0 Å². The molecule has 0 amide bonds. The second-order valence-corrected chi connectivity index (χ2v) is 7.26. The quantitative estimate of drug-likeness (QED) is 0.569. The van der Waals surface area contributed by atoms with Crippen LogP contribution in [0.25, 0.3) is 0 Å². The highest BCUT2D eigenvalue weighted by Crippen LogP contribution is 2.16. The van der Waals surface area contributed by atoms with E-state index in [1.165, 1.54) is 17.7 Å². The summed E-state index contributed by atoms with van der Waals surface area (Å²) in [5.74, 6) is 0.357. The van der Waals surface area contributed by atoms with E-state index in [2.05, 4.69) is 17.5 Å². The number of rotatable bonds is 4. The molecule has 2 aromatic rings. The molecule has 24 heavy (non-hydrogen) atoms. The minimum Gasteiger partial charge on any atom is -0.376 e. The second-order valence-electron chi connectivity index (χ2n) is 5.40. The van der Waals surface area contributed by atoms with Crippen molar-refractivity contribution in [3.8, 4) is 0 Å². The molecule has 0 saturated heterocycles. The zero-order valence-electron chi connectivity index (χ0n) is 13.6. The highest BCUT2D eigenvalue weighted by Gasteiger charge is 2.08. The lowest BCUT2D eigenvalue weighted by molar-refractivity contribution is 0.483. The number of hydrogen-bond acceptors (Lipinski definition) is 3. The predicted octanol–water partition coefficient (Wildman–Crippen LogP) is 3.08. The lowest BCUT2D eigenvalue weighted by Crippen LogP contribution is -2.28. The van der Waals surface area contributed by atoms with Gasteiger partial charge in [-0.15, -0.1) is 0 Å². The zero-order chi connectivity index (χ0) is 18.2. The second kappa shape index (κ2) is 9.36. The van der Waals surface area contributed by atoms with Crippen LogP contribution in [-0.4, -0.2) is 18.1 Å². The van der Waals surface area contributed by atoms with Gasteiger partial charge in [0.15, 0.2) is 5.11 Å². The summed E-state index contributed by atoms with van der Waals surface area (Å²) >= 11 is 4.66. The molecule has 4 N–H and O–H groups in total. The van der Waals surface area contributed by atoms with Gasteiger partial charge >= 0.3 is 0 Å². The average Bonchev–Trinajstić information content (AvgIpc) is 2.54. The Bertz CT molecular complexity index is 743. The van der Waals surface area contributed by atoms with Gasteiger partial charge < -0.3 is 11.1 Å². The van der Waals surface area contributed by atoms with Crippen molar-refractivity contribution in [3.05, 3.63) is 65.7 Å². The Morgan fingerprint density at radius 3 is 2.08 bits per heavy atom. The Labute approximate surface area is 148 Å². The van der Waals surface area contributed by atoms with Crippen LogP contribution in [0.15, 0.2) is 59.5 Å². The summed E-state index contributed by atoms with van der Waals surface area (Å²) in [7, 11) is -4.05. The molecular formula is C17H22N2O3S2. The fourth-order valence-electron chi connectivity index (χ4n) is 1.81. The van der Waals surface area contributed by atoms with Crippen molar-refractivity contribution in [2.45, 2.75) is 31.2 Å². The van der Waals surface area contributed by atoms with Gasteiger partial charge in [-0.3, -0.25) is 4.55 Å². The van der Waals surface area contributed by atoms with Crippen LogP contribution in [-0.2, 0) is 16.7 Å². The van der Waals surface area contributed by atoms with Crippen LogP contribution in [0.1, 0.15) is 30.9 Å². The van der Waals surface area contributed by atoms with Gasteiger partial charge in [0.25, 0.3) is 10.1 Å². The molecule has 0 unspecified atom stereocenters. The van der Waals surface area contributed by atoms with E-state index >= 15 is 0 Å². The Balaban J connectivity index is 0.000000243. The molecule has 0 aromatic heterocycles. The molecule has 0 radical (unpaired) electrons. The minimum atomic E-state index is -4.05. The van der Waals surface area contributed by atoms with Gasteiger partial charge in [-0.2, -0.15) is 8.42 Å². The molecule has 0 heterocycles. The Morgan fingerprint density at radius 2 is 1.67 bits per heavy atom. The first kappa shape index (κ1) is 20.1. The predicted molar refractivity (Wildman–Crippen MR) is 100 cm³/mol. The van der Waals surface area contributed by atoms with Gasteiger partial charge in [0.05, 0.1) is 4.90 Å². The van der Waals surface area contributed by atoms with Crippen LogP contribution in [0.2, 0.25) is 0 Å². The normalized spacial score (nSPS) is 10.7. The Morgan fingerprint density at radius 1 is 1.12 bits per heavy atom. The molecule has 0 fully saturated rings. The van der Waals surface area contributed by atoms with Crippen LogP contribution >= 0.6 is 12.2 Å². The van der Waals surface area contributed by atoms with E-state index in [-0.39, 0.29) is 4.90 Å². The van der Waals surface area contributed by atoms with Crippen molar-refractivity contribution in [2.24, 2.45) is 5.73 Å². The first-order chi connectivity index (χ1) is 11.2. The van der Waals surface area contributed by atoms with Crippen molar-refractivity contribution >= 4 is 27.4 Å². The largest absolute Gasteiger partial charge is 0.376 e. The number of nitrogens with one attached hydrogen (secondary N) is 1. The number of hydrogen-bond donors (Lipinski definition) is 3. The van der Waals surface area contributed by atoms with Crippen molar-refractivity contribution in [3.63, 3.8) is 0 Å². The summed E-state index contributed by atoms with van der Waals surface area (Å²) in [6.45, 7) is 4.74. The van der Waals surface area contributed by atoms with Crippen molar-refractivity contribution in [1.29, 1.82) is 0 Å². The van der Waals surface area contributed by atoms with Gasteiger partial charge in [0.1, 0.15) is 0 Å². The molecule has 0 saturated carbocycles. The van der Waals surface area contributed by atoms with Crippen molar-refractivity contribution < 1.29 is 13.0 Å². The number of benzene rings is 2. The smallest absolute Gasteiger partial charge is 0.294 e. The van der Waals surface area contributed by atoms with E-state index in [1.807, 2.05) is 44.2 Å². The van der Waals surface area contributed by atoms with Crippen molar-refractivity contribution in [2.75, 3.05) is 0 Å². The third-order valence-corrected chi connectivity index (χ3v) is 4.17. The fraction of sp³-hybridized carbons (Fsp3) is 0.235. The molecule has 7 heteroatoms. The third kappa shape index (κ3) is 7.54. The standard InChI is InChI=1S/C9H12O3S.C8H10N2S/c1-7(2)8-3-5-9(6-4-8)13(10,11)12;9-8(11)10-6-7-4-2-1-3-5-7/h3-7H,1-2H3,(H,10,11,12);1-5H,6H2,(H3,9,10,11). The van der Waals surface area contributed by atoms with Gasteiger partial charge in [0.2, 0.25) is 0 Å². The molecule has 0 aliphatic carbocycles. The van der Waals surface area contributed by atoms with Crippen LogP contribution < -0.4 is 11.1 Å². The lowest BCUT2D eigenvalue weighted by atomic mass is 10.0. The lowest BCUT2D eigenvalue weighted by Gasteiger charge is -2.04. The molecule has 0 aliphatic heterocycles. The number of nitrogens with two attached hydrogens (primary N) is 1. The van der Waals surface area contributed by atoms with Gasteiger partial charge in [-0.1, -0.05) is 56.3 Å². The van der Waals surface area contributed by atoms with Crippen LogP contribution in [0.3, 0.4) is 0 Å². The van der Waals surface area contributed by atoms with E-state index in [0.717, 1.165) is 5.56 Å². The molecule has 130 valence electrons. The average molecular weight is 367 g/mol. The summed E-state index contributed by atoms with van der Waals surface area (Å²) in [4.78, 5) is -0.0584. The summed E-state index contributed by atoms with van der Waals surface area (Å²) in [6.07, 6.45) is 0. The van der Waals surface area contributed by atoms with E-state index < -0.39 is 10.1 Å². The molecule has 2 rings (SSSR count). The molecule has 0 bridgehead atoms. The maximum atomic E-state index is 10.7. The summed E-state index contributed by atoms with van der Waals surface area (Å²) in [5, 5.41) is 3.21. The van der Waals surface area contributed by atoms with E-state index in [1.54, 1.807) is 12.1 Å². The highest BCUT2D eigenvalue weighted by molar-refractivity contribution is 7.85. The van der Waals surface area contributed by atoms with Crippen molar-refractivity contribution in [1.82, 2.24) is 5.32 Å². The van der Waals surface area contributed by atoms with Gasteiger partial charge in [-0.05, 0) is 41.4 Å². The SMILES string of the molecule is CC(C)c1ccc(S(=O)(=O)O)cc1.NC(=S)NCc1ccccc1. The summed E-state index contributed by atoms with van der Waals surface area (Å²) < 4.78 is 30.0. The molecule has 0 atom stereocenters. The first-order valence-corrected chi connectivity index (χ1v) is 9.19. The van der Waals surface area contributed by atoms with Gasteiger partial charge in [0, 0.05) is 6.54 Å². The maximum Gasteiger partial charge on any atom is 0.294 e. The molecule has 2 aromatic carbocycles. The monoisotopic (exact) mass is 366 g/mol.